The van der Waals surface area contributed by atoms with E-state index in [2.05, 4.69) is 15.4 Å². The van der Waals surface area contributed by atoms with Crippen molar-refractivity contribution in [2.75, 3.05) is 7.11 Å². The second-order valence-electron chi connectivity index (χ2n) is 4.02. The number of hydroxylamine groups is 1. The Morgan fingerprint density at radius 3 is 2.44 bits per heavy atom. The van der Waals surface area contributed by atoms with Gasteiger partial charge in [0, 0.05) is 11.3 Å². The van der Waals surface area contributed by atoms with Crippen LogP contribution < -0.4 is 5.48 Å². The van der Waals surface area contributed by atoms with Gasteiger partial charge in [-0.3, -0.25) is 9.63 Å². The van der Waals surface area contributed by atoms with Gasteiger partial charge >= 0.3 is 0 Å². The molecule has 1 aromatic carbocycles. The summed E-state index contributed by atoms with van der Waals surface area (Å²) in [6.07, 6.45) is 0. The smallest absolute Gasteiger partial charge is 0.274 e. The SMILES string of the molecule is CONC(=O)c1ccc(-n2nc(C)cc2C)cc1. The molecule has 2 rings (SSSR count). The molecule has 18 heavy (non-hydrogen) atoms. The number of benzene rings is 1. The summed E-state index contributed by atoms with van der Waals surface area (Å²) in [5, 5.41) is 4.38. The molecule has 0 bridgehead atoms. The van der Waals surface area contributed by atoms with Gasteiger partial charge in [-0.1, -0.05) is 0 Å². The first-order chi connectivity index (χ1) is 8.61. The number of nitrogens with one attached hydrogen (secondary N) is 1. The third-order valence-electron chi connectivity index (χ3n) is 2.58. The maximum absolute atomic E-state index is 11.5. The number of rotatable bonds is 3. The van der Waals surface area contributed by atoms with Crippen molar-refractivity contribution in [3.8, 4) is 5.69 Å². The van der Waals surface area contributed by atoms with Crippen LogP contribution in [0, 0.1) is 13.8 Å². The van der Waals surface area contributed by atoms with Crippen LogP contribution in [0.5, 0.6) is 0 Å². The zero-order valence-corrected chi connectivity index (χ0v) is 10.6. The molecule has 1 aromatic heterocycles. The maximum Gasteiger partial charge on any atom is 0.274 e. The molecule has 0 radical (unpaired) electrons. The van der Waals surface area contributed by atoms with Crippen LogP contribution in [0.15, 0.2) is 30.3 Å². The third-order valence-corrected chi connectivity index (χ3v) is 2.58. The normalized spacial score (nSPS) is 10.4. The second kappa shape index (κ2) is 5.01. The van der Waals surface area contributed by atoms with Crippen LogP contribution in [0.2, 0.25) is 0 Å². The molecule has 0 atom stereocenters. The first kappa shape index (κ1) is 12.3. The molecule has 1 heterocycles. The molecule has 94 valence electrons. The van der Waals surface area contributed by atoms with Crippen molar-refractivity contribution in [3.05, 3.63) is 47.3 Å². The van der Waals surface area contributed by atoms with E-state index in [9.17, 15) is 4.79 Å². The van der Waals surface area contributed by atoms with E-state index in [0.717, 1.165) is 17.1 Å². The van der Waals surface area contributed by atoms with E-state index < -0.39 is 0 Å². The highest BCUT2D eigenvalue weighted by Gasteiger charge is 2.07. The van der Waals surface area contributed by atoms with Gasteiger partial charge in [0.15, 0.2) is 0 Å². The van der Waals surface area contributed by atoms with Gasteiger partial charge in [0.05, 0.1) is 18.5 Å². The molecular formula is C13H15N3O2. The molecule has 2 aromatic rings. The maximum atomic E-state index is 11.5. The minimum Gasteiger partial charge on any atom is -0.277 e. The van der Waals surface area contributed by atoms with Crippen LogP contribution in [0.1, 0.15) is 21.7 Å². The predicted molar refractivity (Wildman–Crippen MR) is 67.5 cm³/mol. The number of hydrogen-bond acceptors (Lipinski definition) is 3. The third kappa shape index (κ3) is 2.41. The Morgan fingerprint density at radius 1 is 1.28 bits per heavy atom. The van der Waals surface area contributed by atoms with E-state index in [1.807, 2.05) is 36.7 Å². The van der Waals surface area contributed by atoms with Gasteiger partial charge in [-0.25, -0.2) is 10.2 Å². The topological polar surface area (TPSA) is 56.1 Å². The fourth-order valence-electron chi connectivity index (χ4n) is 1.80. The van der Waals surface area contributed by atoms with E-state index in [1.165, 1.54) is 7.11 Å². The fourth-order valence-corrected chi connectivity index (χ4v) is 1.80. The Labute approximate surface area is 105 Å². The van der Waals surface area contributed by atoms with Crippen molar-refractivity contribution in [1.82, 2.24) is 15.3 Å². The molecule has 5 heteroatoms. The molecule has 0 spiro atoms. The summed E-state index contributed by atoms with van der Waals surface area (Å²) in [6.45, 7) is 3.94. The first-order valence-electron chi connectivity index (χ1n) is 5.59. The van der Waals surface area contributed by atoms with E-state index in [0.29, 0.717) is 5.56 Å². The lowest BCUT2D eigenvalue weighted by atomic mass is 10.2. The Hall–Kier alpha value is -2.14. The van der Waals surface area contributed by atoms with Crippen molar-refractivity contribution >= 4 is 5.91 Å². The molecule has 1 amide bonds. The Bertz CT molecular complexity index is 558. The number of carbonyl (C=O) groups excluding carboxylic acids is 1. The number of nitrogens with zero attached hydrogens (tertiary/aromatic N) is 2. The summed E-state index contributed by atoms with van der Waals surface area (Å²) in [6, 6.07) is 9.18. The van der Waals surface area contributed by atoms with Gasteiger partial charge in [-0.2, -0.15) is 5.10 Å². The number of hydrogen-bond donors (Lipinski definition) is 1. The van der Waals surface area contributed by atoms with E-state index >= 15 is 0 Å². The molecule has 0 aliphatic carbocycles. The molecule has 0 saturated heterocycles. The van der Waals surface area contributed by atoms with Crippen molar-refractivity contribution < 1.29 is 9.63 Å². The first-order valence-corrected chi connectivity index (χ1v) is 5.59. The van der Waals surface area contributed by atoms with Gasteiger partial charge in [-0.05, 0) is 44.2 Å². The number of amides is 1. The fraction of sp³-hybridized carbons (Fsp3) is 0.231. The minimum absolute atomic E-state index is 0.266. The van der Waals surface area contributed by atoms with Crippen molar-refractivity contribution in [2.24, 2.45) is 0 Å². The molecule has 0 aliphatic rings. The highest BCUT2D eigenvalue weighted by molar-refractivity contribution is 5.93. The number of aryl methyl sites for hydroxylation is 2. The summed E-state index contributed by atoms with van der Waals surface area (Å²) in [5.41, 5.74) is 5.77. The lowest BCUT2D eigenvalue weighted by Gasteiger charge is -2.06. The lowest BCUT2D eigenvalue weighted by Crippen LogP contribution is -2.21. The van der Waals surface area contributed by atoms with Crippen LogP contribution in [0.3, 0.4) is 0 Å². The summed E-state index contributed by atoms with van der Waals surface area (Å²) in [7, 11) is 1.40. The Morgan fingerprint density at radius 2 is 1.94 bits per heavy atom. The quantitative estimate of drug-likeness (QED) is 0.839. The molecule has 0 unspecified atom stereocenters. The Kier molecular flexibility index (Phi) is 3.43. The summed E-state index contributed by atoms with van der Waals surface area (Å²) >= 11 is 0. The van der Waals surface area contributed by atoms with Crippen LogP contribution in [-0.4, -0.2) is 22.8 Å². The monoisotopic (exact) mass is 245 g/mol. The summed E-state index contributed by atoms with van der Waals surface area (Å²) in [5.74, 6) is -0.266. The highest BCUT2D eigenvalue weighted by atomic mass is 16.6. The van der Waals surface area contributed by atoms with Crippen LogP contribution in [0.25, 0.3) is 5.69 Å². The summed E-state index contributed by atoms with van der Waals surface area (Å²) < 4.78 is 1.84. The molecule has 0 saturated carbocycles. The lowest BCUT2D eigenvalue weighted by molar-refractivity contribution is 0.0537. The van der Waals surface area contributed by atoms with Gasteiger partial charge in [-0.15, -0.1) is 0 Å². The van der Waals surface area contributed by atoms with Crippen LogP contribution in [-0.2, 0) is 4.84 Å². The number of aromatic nitrogens is 2. The predicted octanol–water partition coefficient (Wildman–Crippen LogP) is 1.78. The zero-order chi connectivity index (χ0) is 13.1. The average Bonchev–Trinajstić information content (AvgIpc) is 2.69. The molecule has 1 N–H and O–H groups in total. The van der Waals surface area contributed by atoms with Gasteiger partial charge in [0.1, 0.15) is 0 Å². The molecule has 0 fully saturated rings. The molecule has 5 nitrogen and oxygen atoms in total. The Balaban J connectivity index is 2.27. The summed E-state index contributed by atoms with van der Waals surface area (Å²) in [4.78, 5) is 16.1. The van der Waals surface area contributed by atoms with Crippen molar-refractivity contribution in [2.45, 2.75) is 13.8 Å². The van der Waals surface area contributed by atoms with Gasteiger partial charge in [0.25, 0.3) is 5.91 Å². The zero-order valence-electron chi connectivity index (χ0n) is 10.6. The standard InChI is InChI=1S/C13H15N3O2/c1-9-8-10(2)16(14-9)12-6-4-11(5-7-12)13(17)15-18-3/h4-8H,1-3H3,(H,15,17). The van der Waals surface area contributed by atoms with E-state index in [1.54, 1.807) is 12.1 Å². The van der Waals surface area contributed by atoms with Gasteiger partial charge < -0.3 is 0 Å². The average molecular weight is 245 g/mol. The van der Waals surface area contributed by atoms with E-state index in [-0.39, 0.29) is 5.91 Å². The number of carbonyl (C=O) groups is 1. The largest absolute Gasteiger partial charge is 0.277 e. The van der Waals surface area contributed by atoms with Crippen LogP contribution >= 0.6 is 0 Å². The van der Waals surface area contributed by atoms with E-state index in [4.69, 9.17) is 0 Å². The van der Waals surface area contributed by atoms with Crippen LogP contribution in [0.4, 0.5) is 0 Å². The van der Waals surface area contributed by atoms with Crippen molar-refractivity contribution in [1.29, 1.82) is 0 Å². The molecular weight excluding hydrogens is 230 g/mol. The minimum atomic E-state index is -0.266. The second-order valence-corrected chi connectivity index (χ2v) is 4.02. The van der Waals surface area contributed by atoms with Gasteiger partial charge in [0.2, 0.25) is 0 Å². The molecule has 0 aliphatic heterocycles. The van der Waals surface area contributed by atoms with Crippen molar-refractivity contribution in [3.63, 3.8) is 0 Å². The highest BCUT2D eigenvalue weighted by Crippen LogP contribution is 2.13.